The number of rotatable bonds is 1. The lowest BCUT2D eigenvalue weighted by Crippen LogP contribution is -2.27. The van der Waals surface area contributed by atoms with Crippen LogP contribution in [0.3, 0.4) is 0 Å². The van der Waals surface area contributed by atoms with Gasteiger partial charge < -0.3 is 4.90 Å². The van der Waals surface area contributed by atoms with Crippen LogP contribution >= 0.6 is 11.8 Å². The monoisotopic (exact) mass is 263 g/mol. The highest BCUT2D eigenvalue weighted by molar-refractivity contribution is 8.14. The summed E-state index contributed by atoms with van der Waals surface area (Å²) in [6.07, 6.45) is 2.49. The third-order valence-corrected chi connectivity index (χ3v) is 4.16. The number of likely N-dealkylation sites (tertiary alicyclic amines) is 1. The molecule has 1 aromatic carbocycles. The van der Waals surface area contributed by atoms with Gasteiger partial charge in [-0.05, 0) is 30.5 Å². The Morgan fingerprint density at radius 3 is 2.39 bits per heavy atom. The lowest BCUT2D eigenvalue weighted by molar-refractivity contribution is 0.528. The number of hydrogen-bond acceptors (Lipinski definition) is 4. The summed E-state index contributed by atoms with van der Waals surface area (Å²) in [7, 11) is 0. The highest BCUT2D eigenvalue weighted by Crippen LogP contribution is 2.21. The Labute approximate surface area is 110 Å². The molecule has 0 N–H and O–H groups in total. The fourth-order valence-corrected chi connectivity index (χ4v) is 3.09. The van der Waals surface area contributed by atoms with Crippen molar-refractivity contribution in [2.24, 2.45) is 10.2 Å². The second kappa shape index (κ2) is 5.10. The van der Waals surface area contributed by atoms with E-state index in [4.69, 9.17) is 0 Å². The number of benzene rings is 1. The van der Waals surface area contributed by atoms with E-state index in [-0.39, 0.29) is 5.82 Å². The molecule has 1 aromatic rings. The molecule has 94 valence electrons. The Bertz CT molecular complexity index is 489. The molecule has 0 saturated carbocycles. The Morgan fingerprint density at radius 2 is 1.78 bits per heavy atom. The van der Waals surface area contributed by atoms with Crippen LogP contribution in [0, 0.1) is 5.82 Å². The van der Waals surface area contributed by atoms with Crippen LogP contribution < -0.4 is 0 Å². The Morgan fingerprint density at radius 1 is 1.06 bits per heavy atom. The summed E-state index contributed by atoms with van der Waals surface area (Å²) in [5, 5.41) is 9.59. The summed E-state index contributed by atoms with van der Waals surface area (Å²) >= 11 is 1.72. The van der Waals surface area contributed by atoms with Crippen molar-refractivity contribution >= 4 is 22.6 Å². The Hall–Kier alpha value is -1.36. The summed E-state index contributed by atoms with van der Waals surface area (Å²) in [5.41, 5.74) is 1.87. The smallest absolute Gasteiger partial charge is 0.186 e. The first-order chi connectivity index (χ1) is 8.83. The van der Waals surface area contributed by atoms with E-state index in [1.54, 1.807) is 23.9 Å². The van der Waals surface area contributed by atoms with E-state index in [0.29, 0.717) is 0 Å². The van der Waals surface area contributed by atoms with Crippen molar-refractivity contribution in [3.05, 3.63) is 35.6 Å². The quantitative estimate of drug-likeness (QED) is 0.779. The summed E-state index contributed by atoms with van der Waals surface area (Å²) in [5.74, 6) is 0.588. The first kappa shape index (κ1) is 11.7. The topological polar surface area (TPSA) is 28.0 Å². The highest BCUT2D eigenvalue weighted by atomic mass is 32.2. The molecule has 0 amide bonds. The van der Waals surface area contributed by atoms with Gasteiger partial charge in [0.25, 0.3) is 0 Å². The summed E-state index contributed by atoms with van der Waals surface area (Å²) < 4.78 is 12.8. The Balaban J connectivity index is 1.77. The van der Waals surface area contributed by atoms with Crippen molar-refractivity contribution in [2.45, 2.75) is 12.8 Å². The molecule has 2 aliphatic rings. The number of halogens is 1. The van der Waals surface area contributed by atoms with Gasteiger partial charge in [0, 0.05) is 18.8 Å². The molecule has 2 aliphatic heterocycles. The minimum atomic E-state index is -0.218. The van der Waals surface area contributed by atoms with Crippen LogP contribution in [0.15, 0.2) is 34.5 Å². The largest absolute Gasteiger partial charge is 0.350 e. The molecule has 0 bridgehead atoms. The van der Waals surface area contributed by atoms with E-state index < -0.39 is 0 Å². The first-order valence-corrected chi connectivity index (χ1v) is 7.10. The first-order valence-electron chi connectivity index (χ1n) is 6.11. The van der Waals surface area contributed by atoms with E-state index in [9.17, 15) is 4.39 Å². The molecule has 0 atom stereocenters. The van der Waals surface area contributed by atoms with Crippen LogP contribution in [0.2, 0.25) is 0 Å². The van der Waals surface area contributed by atoms with Crippen molar-refractivity contribution in [3.63, 3.8) is 0 Å². The molecule has 3 nitrogen and oxygen atoms in total. The molecule has 0 unspecified atom stereocenters. The van der Waals surface area contributed by atoms with Crippen molar-refractivity contribution in [1.82, 2.24) is 4.90 Å². The van der Waals surface area contributed by atoms with Crippen molar-refractivity contribution < 1.29 is 4.39 Å². The Kier molecular flexibility index (Phi) is 3.32. The van der Waals surface area contributed by atoms with E-state index in [2.05, 4.69) is 15.1 Å². The van der Waals surface area contributed by atoms with E-state index >= 15 is 0 Å². The number of hydrogen-bond donors (Lipinski definition) is 0. The van der Waals surface area contributed by atoms with Crippen molar-refractivity contribution in [2.75, 3.05) is 18.8 Å². The zero-order valence-corrected chi connectivity index (χ0v) is 10.8. The number of nitrogens with zero attached hydrogens (tertiary/aromatic N) is 3. The standard InChI is InChI=1S/C13H14FN3S/c14-11-5-3-10(4-6-11)12-9-18-13(16-15-12)17-7-1-2-8-17/h3-6H,1-2,7-9H2. The molecule has 1 saturated heterocycles. The predicted octanol–water partition coefficient (Wildman–Crippen LogP) is 2.73. The number of thioether (sulfide) groups is 1. The molecule has 2 heterocycles. The average Bonchev–Trinajstić information content (AvgIpc) is 2.94. The normalized spacial score (nSPS) is 19.7. The summed E-state index contributed by atoms with van der Waals surface area (Å²) in [6, 6.07) is 6.43. The molecule has 0 aliphatic carbocycles. The molecule has 18 heavy (non-hydrogen) atoms. The van der Waals surface area contributed by atoms with Gasteiger partial charge in [-0.25, -0.2) is 4.39 Å². The van der Waals surface area contributed by atoms with Crippen LogP contribution in [0.25, 0.3) is 0 Å². The maximum Gasteiger partial charge on any atom is 0.186 e. The molecule has 3 rings (SSSR count). The third-order valence-electron chi connectivity index (χ3n) is 3.15. The SMILES string of the molecule is Fc1ccc(C2=NN=C(N3CCCC3)SC2)cc1. The highest BCUT2D eigenvalue weighted by Gasteiger charge is 2.20. The zero-order valence-electron chi connectivity index (χ0n) is 9.97. The maximum atomic E-state index is 12.8. The van der Waals surface area contributed by atoms with Gasteiger partial charge >= 0.3 is 0 Å². The molecule has 5 heteroatoms. The van der Waals surface area contributed by atoms with Gasteiger partial charge in [-0.15, -0.1) is 5.10 Å². The molecule has 0 spiro atoms. The van der Waals surface area contributed by atoms with Crippen LogP contribution in [0.5, 0.6) is 0 Å². The van der Waals surface area contributed by atoms with Crippen LogP contribution in [0.4, 0.5) is 4.39 Å². The second-order valence-corrected chi connectivity index (χ2v) is 5.36. The van der Waals surface area contributed by atoms with Gasteiger partial charge in [-0.3, -0.25) is 0 Å². The average molecular weight is 263 g/mol. The minimum Gasteiger partial charge on any atom is -0.350 e. The van der Waals surface area contributed by atoms with Gasteiger partial charge in [0.15, 0.2) is 5.17 Å². The van der Waals surface area contributed by atoms with Crippen molar-refractivity contribution in [1.29, 1.82) is 0 Å². The van der Waals surface area contributed by atoms with E-state index in [1.165, 1.54) is 25.0 Å². The second-order valence-electron chi connectivity index (χ2n) is 4.42. The molecule has 0 radical (unpaired) electrons. The minimum absolute atomic E-state index is 0.218. The molecule has 0 aromatic heterocycles. The molecular weight excluding hydrogens is 249 g/mol. The van der Waals surface area contributed by atoms with Gasteiger partial charge in [0.2, 0.25) is 0 Å². The number of amidine groups is 1. The van der Waals surface area contributed by atoms with Crippen molar-refractivity contribution in [3.8, 4) is 0 Å². The van der Waals surface area contributed by atoms with Crippen LogP contribution in [0.1, 0.15) is 18.4 Å². The van der Waals surface area contributed by atoms with E-state index in [0.717, 1.165) is 35.3 Å². The summed E-state index contributed by atoms with van der Waals surface area (Å²) in [4.78, 5) is 2.29. The molecule has 1 fully saturated rings. The molecular formula is C13H14FN3S. The van der Waals surface area contributed by atoms with Gasteiger partial charge in [0.1, 0.15) is 5.82 Å². The predicted molar refractivity (Wildman–Crippen MR) is 73.6 cm³/mol. The maximum absolute atomic E-state index is 12.8. The fourth-order valence-electron chi connectivity index (χ4n) is 2.14. The fraction of sp³-hybridized carbons (Fsp3) is 0.385. The third kappa shape index (κ3) is 2.41. The summed E-state index contributed by atoms with van der Waals surface area (Å²) in [6.45, 7) is 2.18. The lowest BCUT2D eigenvalue weighted by Gasteiger charge is -2.20. The van der Waals surface area contributed by atoms with E-state index in [1.807, 2.05) is 0 Å². The van der Waals surface area contributed by atoms with Crippen LogP contribution in [-0.2, 0) is 0 Å². The van der Waals surface area contributed by atoms with Crippen LogP contribution in [-0.4, -0.2) is 34.6 Å². The zero-order chi connectivity index (χ0) is 12.4. The van der Waals surface area contributed by atoms with Gasteiger partial charge in [-0.1, -0.05) is 23.9 Å². The van der Waals surface area contributed by atoms with Gasteiger partial charge in [0.05, 0.1) is 5.71 Å². The lowest BCUT2D eigenvalue weighted by atomic mass is 10.1. The van der Waals surface area contributed by atoms with Gasteiger partial charge in [-0.2, -0.15) is 5.10 Å².